The highest BCUT2D eigenvalue weighted by atomic mass is 16.3. The Morgan fingerprint density at radius 1 is 1.15 bits per heavy atom. The Bertz CT molecular complexity index is 459. The lowest BCUT2D eigenvalue weighted by molar-refractivity contribution is 0.0717. The van der Waals surface area contributed by atoms with Gasteiger partial charge in [-0.05, 0) is 36.0 Å². The molecular weight excluding hydrogens is 250 g/mol. The van der Waals surface area contributed by atoms with Crippen molar-refractivity contribution in [2.45, 2.75) is 64.0 Å². The first kappa shape index (κ1) is 15.0. The molecule has 3 nitrogen and oxygen atoms in total. The van der Waals surface area contributed by atoms with Crippen molar-refractivity contribution < 1.29 is 9.90 Å². The van der Waals surface area contributed by atoms with Crippen LogP contribution in [0.25, 0.3) is 0 Å². The van der Waals surface area contributed by atoms with Crippen LogP contribution in [0.1, 0.15) is 62.4 Å². The van der Waals surface area contributed by atoms with Gasteiger partial charge in [0.1, 0.15) is 0 Å². The number of aliphatic hydroxyl groups excluding tert-OH is 1. The zero-order chi connectivity index (χ0) is 14.8. The molecule has 20 heavy (non-hydrogen) atoms. The number of hydrogen-bond donors (Lipinski definition) is 2. The Balaban J connectivity index is 2.02. The van der Waals surface area contributed by atoms with Gasteiger partial charge in [0.05, 0.1) is 12.1 Å². The van der Waals surface area contributed by atoms with Crippen molar-refractivity contribution in [3.05, 3.63) is 35.4 Å². The molecule has 0 radical (unpaired) electrons. The monoisotopic (exact) mass is 275 g/mol. The van der Waals surface area contributed by atoms with Crippen molar-refractivity contribution >= 4 is 5.91 Å². The van der Waals surface area contributed by atoms with E-state index in [-0.39, 0.29) is 17.4 Å². The second-order valence-corrected chi connectivity index (χ2v) is 6.76. The summed E-state index contributed by atoms with van der Waals surface area (Å²) in [6, 6.07) is 7.65. The fourth-order valence-electron chi connectivity index (χ4n) is 2.65. The summed E-state index contributed by atoms with van der Waals surface area (Å²) in [6.07, 6.45) is 3.38. The Hall–Kier alpha value is -1.35. The highest BCUT2D eigenvalue weighted by molar-refractivity contribution is 5.94. The maximum atomic E-state index is 12.2. The van der Waals surface area contributed by atoms with E-state index in [1.807, 2.05) is 24.3 Å². The lowest BCUT2D eigenvalue weighted by Gasteiger charge is -2.28. The molecule has 0 unspecified atom stereocenters. The largest absolute Gasteiger partial charge is 0.391 e. The molecule has 0 saturated heterocycles. The van der Waals surface area contributed by atoms with Gasteiger partial charge in [-0.15, -0.1) is 0 Å². The Morgan fingerprint density at radius 2 is 1.75 bits per heavy atom. The van der Waals surface area contributed by atoms with Gasteiger partial charge in [-0.1, -0.05) is 45.7 Å². The highest BCUT2D eigenvalue weighted by Gasteiger charge is 2.25. The molecule has 0 heterocycles. The third-order valence-corrected chi connectivity index (χ3v) is 4.06. The molecule has 1 saturated carbocycles. The number of hydrogen-bond acceptors (Lipinski definition) is 2. The van der Waals surface area contributed by atoms with Crippen molar-refractivity contribution in [1.82, 2.24) is 5.32 Å². The van der Waals surface area contributed by atoms with Crippen LogP contribution in [0, 0.1) is 0 Å². The molecule has 1 aromatic carbocycles. The van der Waals surface area contributed by atoms with Crippen molar-refractivity contribution in [2.24, 2.45) is 0 Å². The van der Waals surface area contributed by atoms with Gasteiger partial charge in [0.15, 0.2) is 0 Å². The molecule has 1 aliphatic carbocycles. The van der Waals surface area contributed by atoms with Gasteiger partial charge in [0.2, 0.25) is 0 Å². The van der Waals surface area contributed by atoms with Crippen LogP contribution < -0.4 is 5.32 Å². The van der Waals surface area contributed by atoms with Crippen LogP contribution in [0.2, 0.25) is 0 Å². The quantitative estimate of drug-likeness (QED) is 0.871. The minimum absolute atomic E-state index is 0.0867. The SMILES string of the molecule is CC(C)(C)c1ccc(C(=O)N[C@@H]2CCCC[C@H]2O)cc1. The predicted molar refractivity (Wildman–Crippen MR) is 80.9 cm³/mol. The summed E-state index contributed by atoms with van der Waals surface area (Å²) >= 11 is 0. The summed E-state index contributed by atoms with van der Waals surface area (Å²) in [6.45, 7) is 6.46. The minimum atomic E-state index is -0.401. The molecule has 0 aliphatic heterocycles. The number of aliphatic hydroxyl groups is 1. The smallest absolute Gasteiger partial charge is 0.251 e. The van der Waals surface area contributed by atoms with Gasteiger partial charge in [-0.2, -0.15) is 0 Å². The summed E-state index contributed by atoms with van der Waals surface area (Å²) in [7, 11) is 0. The van der Waals surface area contributed by atoms with Gasteiger partial charge in [-0.25, -0.2) is 0 Å². The topological polar surface area (TPSA) is 49.3 Å². The third kappa shape index (κ3) is 3.60. The first-order valence-corrected chi connectivity index (χ1v) is 7.47. The van der Waals surface area contributed by atoms with Crippen LogP contribution in [0.4, 0.5) is 0 Å². The summed E-state index contributed by atoms with van der Waals surface area (Å²) in [5.74, 6) is -0.0867. The summed E-state index contributed by atoms with van der Waals surface area (Å²) in [5, 5.41) is 12.9. The molecule has 0 spiro atoms. The third-order valence-electron chi connectivity index (χ3n) is 4.06. The Labute approximate surface area is 121 Å². The molecule has 1 fully saturated rings. The van der Waals surface area contributed by atoms with Gasteiger partial charge >= 0.3 is 0 Å². The standard InChI is InChI=1S/C17H25NO2/c1-17(2,3)13-10-8-12(9-11-13)16(20)18-14-6-4-5-7-15(14)19/h8-11,14-15,19H,4-7H2,1-3H3,(H,18,20)/t14-,15-/m1/s1. The molecule has 0 aromatic heterocycles. The maximum absolute atomic E-state index is 12.2. The van der Waals surface area contributed by atoms with Gasteiger partial charge < -0.3 is 10.4 Å². The number of benzene rings is 1. The predicted octanol–water partition coefficient (Wildman–Crippen LogP) is 3.02. The molecule has 2 atom stereocenters. The van der Waals surface area contributed by atoms with Gasteiger partial charge in [-0.3, -0.25) is 4.79 Å². The van der Waals surface area contributed by atoms with Crippen LogP contribution in [0.3, 0.4) is 0 Å². The first-order chi connectivity index (χ1) is 9.38. The molecular formula is C17H25NO2. The molecule has 3 heteroatoms. The van der Waals surface area contributed by atoms with E-state index >= 15 is 0 Å². The fourth-order valence-corrected chi connectivity index (χ4v) is 2.65. The maximum Gasteiger partial charge on any atom is 0.251 e. The lowest BCUT2D eigenvalue weighted by Crippen LogP contribution is -2.45. The van der Waals surface area contributed by atoms with E-state index in [4.69, 9.17) is 0 Å². The average Bonchev–Trinajstić information content (AvgIpc) is 2.40. The molecule has 0 bridgehead atoms. The van der Waals surface area contributed by atoms with Crippen LogP contribution in [-0.2, 0) is 5.41 Å². The lowest BCUT2D eigenvalue weighted by atomic mass is 9.86. The molecule has 1 aromatic rings. The molecule has 1 amide bonds. The summed E-state index contributed by atoms with van der Waals surface area (Å²) < 4.78 is 0. The van der Waals surface area contributed by atoms with Crippen LogP contribution in [-0.4, -0.2) is 23.2 Å². The first-order valence-electron chi connectivity index (χ1n) is 7.47. The molecule has 110 valence electrons. The highest BCUT2D eigenvalue weighted by Crippen LogP contribution is 2.23. The van der Waals surface area contributed by atoms with E-state index < -0.39 is 6.10 Å². The van der Waals surface area contributed by atoms with Crippen molar-refractivity contribution in [3.8, 4) is 0 Å². The van der Waals surface area contributed by atoms with E-state index in [0.717, 1.165) is 25.7 Å². The average molecular weight is 275 g/mol. The number of nitrogens with one attached hydrogen (secondary N) is 1. The second kappa shape index (κ2) is 5.96. The number of carbonyl (C=O) groups is 1. The van der Waals surface area contributed by atoms with Gasteiger partial charge in [0, 0.05) is 5.56 Å². The molecule has 1 aliphatic rings. The minimum Gasteiger partial charge on any atom is -0.391 e. The molecule has 2 N–H and O–H groups in total. The van der Waals surface area contributed by atoms with E-state index in [9.17, 15) is 9.90 Å². The van der Waals surface area contributed by atoms with Crippen molar-refractivity contribution in [2.75, 3.05) is 0 Å². The second-order valence-electron chi connectivity index (χ2n) is 6.76. The van der Waals surface area contributed by atoms with Crippen molar-refractivity contribution in [1.29, 1.82) is 0 Å². The Morgan fingerprint density at radius 3 is 2.30 bits per heavy atom. The van der Waals surface area contributed by atoms with E-state index in [1.165, 1.54) is 5.56 Å². The summed E-state index contributed by atoms with van der Waals surface area (Å²) in [5.41, 5.74) is 1.97. The van der Waals surface area contributed by atoms with E-state index in [0.29, 0.717) is 5.56 Å². The number of amides is 1. The summed E-state index contributed by atoms with van der Waals surface area (Å²) in [4.78, 5) is 12.2. The normalized spacial score (nSPS) is 23.4. The number of rotatable bonds is 2. The van der Waals surface area contributed by atoms with E-state index in [2.05, 4.69) is 26.1 Å². The van der Waals surface area contributed by atoms with Crippen LogP contribution in [0.15, 0.2) is 24.3 Å². The zero-order valence-electron chi connectivity index (χ0n) is 12.6. The molecule has 2 rings (SSSR count). The van der Waals surface area contributed by atoms with Crippen LogP contribution >= 0.6 is 0 Å². The van der Waals surface area contributed by atoms with E-state index in [1.54, 1.807) is 0 Å². The zero-order valence-corrected chi connectivity index (χ0v) is 12.6. The Kier molecular flexibility index (Phi) is 4.48. The van der Waals surface area contributed by atoms with Crippen molar-refractivity contribution in [3.63, 3.8) is 0 Å². The van der Waals surface area contributed by atoms with Gasteiger partial charge in [0.25, 0.3) is 5.91 Å². The fraction of sp³-hybridized carbons (Fsp3) is 0.588. The van der Waals surface area contributed by atoms with Crippen LogP contribution in [0.5, 0.6) is 0 Å². The number of carbonyl (C=O) groups excluding carboxylic acids is 1.